The van der Waals surface area contributed by atoms with Gasteiger partial charge >= 0.3 is 0 Å². The maximum atomic E-state index is 12.6. The zero-order valence-corrected chi connectivity index (χ0v) is 11.6. The summed E-state index contributed by atoms with van der Waals surface area (Å²) in [5, 5.41) is 0. The highest BCUT2D eigenvalue weighted by Crippen LogP contribution is 2.32. The lowest BCUT2D eigenvalue weighted by atomic mass is 9.94. The molecule has 98 valence electrons. The van der Waals surface area contributed by atoms with Gasteiger partial charge in [-0.1, -0.05) is 18.2 Å². The molecule has 1 atom stereocenters. The van der Waals surface area contributed by atoms with Crippen molar-refractivity contribution in [1.82, 2.24) is 0 Å². The molecule has 18 heavy (non-hydrogen) atoms. The van der Waals surface area contributed by atoms with Crippen molar-refractivity contribution in [3.05, 3.63) is 29.8 Å². The Morgan fingerprint density at radius 3 is 2.72 bits per heavy atom. The van der Waals surface area contributed by atoms with Gasteiger partial charge in [-0.25, -0.2) is 0 Å². The fourth-order valence-corrected chi connectivity index (χ4v) is 2.38. The zero-order chi connectivity index (χ0) is 13.3. The summed E-state index contributed by atoms with van der Waals surface area (Å²) in [6.45, 7) is 5.73. The number of carbonyl (C=O) groups is 1. The van der Waals surface area contributed by atoms with Gasteiger partial charge in [0.2, 0.25) is 0 Å². The summed E-state index contributed by atoms with van der Waals surface area (Å²) in [4.78, 5) is 14.5. The number of rotatable bonds is 2. The second-order valence-electron chi connectivity index (χ2n) is 5.41. The van der Waals surface area contributed by atoms with Crippen LogP contribution in [0.25, 0.3) is 0 Å². The van der Waals surface area contributed by atoms with E-state index in [2.05, 4.69) is 13.0 Å². The van der Waals surface area contributed by atoms with Crippen LogP contribution in [0, 0.1) is 0 Å². The third kappa shape index (κ3) is 2.15. The summed E-state index contributed by atoms with van der Waals surface area (Å²) in [5.41, 5.74) is 1.50. The first-order valence-corrected chi connectivity index (χ1v) is 6.44. The van der Waals surface area contributed by atoms with Gasteiger partial charge in [-0.15, -0.1) is 0 Å². The van der Waals surface area contributed by atoms with Crippen molar-refractivity contribution in [2.75, 3.05) is 12.0 Å². The number of hydrogen-bond acceptors (Lipinski definition) is 2. The van der Waals surface area contributed by atoms with Crippen molar-refractivity contribution in [3.8, 4) is 0 Å². The molecule has 2 rings (SSSR count). The number of amides is 1. The number of nitrogens with zero attached hydrogens (tertiary/aromatic N) is 1. The quantitative estimate of drug-likeness (QED) is 0.804. The van der Waals surface area contributed by atoms with Crippen LogP contribution in [-0.4, -0.2) is 24.7 Å². The molecule has 0 saturated heterocycles. The van der Waals surface area contributed by atoms with Crippen molar-refractivity contribution in [3.63, 3.8) is 0 Å². The predicted molar refractivity (Wildman–Crippen MR) is 72.8 cm³/mol. The lowest BCUT2D eigenvalue weighted by Gasteiger charge is -2.39. The SMILES string of the molecule is COC(C)(C)C(=O)N1c2ccccc2CCC1C. The Kier molecular flexibility index (Phi) is 3.44. The largest absolute Gasteiger partial charge is 0.369 e. The van der Waals surface area contributed by atoms with Crippen LogP contribution in [0.15, 0.2) is 24.3 Å². The highest BCUT2D eigenvalue weighted by atomic mass is 16.5. The van der Waals surface area contributed by atoms with Crippen molar-refractivity contribution in [2.24, 2.45) is 0 Å². The van der Waals surface area contributed by atoms with E-state index in [4.69, 9.17) is 4.74 Å². The molecule has 0 aliphatic carbocycles. The maximum absolute atomic E-state index is 12.6. The monoisotopic (exact) mass is 247 g/mol. The van der Waals surface area contributed by atoms with Gasteiger partial charge < -0.3 is 9.64 Å². The topological polar surface area (TPSA) is 29.5 Å². The summed E-state index contributed by atoms with van der Waals surface area (Å²) in [6, 6.07) is 8.35. The first-order chi connectivity index (χ1) is 8.47. The standard InChI is InChI=1S/C15H21NO2/c1-11-9-10-12-7-5-6-8-13(12)16(11)14(17)15(2,3)18-4/h5-8,11H,9-10H2,1-4H3. The van der Waals surface area contributed by atoms with Crippen LogP contribution in [0.5, 0.6) is 0 Å². The van der Waals surface area contributed by atoms with Crippen LogP contribution in [-0.2, 0) is 16.0 Å². The Bertz CT molecular complexity index is 454. The van der Waals surface area contributed by atoms with Crippen LogP contribution in [0.3, 0.4) is 0 Å². The lowest BCUT2D eigenvalue weighted by Crippen LogP contribution is -2.52. The molecule has 3 heteroatoms. The van der Waals surface area contributed by atoms with Crippen molar-refractivity contribution in [1.29, 1.82) is 0 Å². The number of benzene rings is 1. The molecule has 1 unspecified atom stereocenters. The van der Waals surface area contributed by atoms with Crippen molar-refractivity contribution >= 4 is 11.6 Å². The average Bonchev–Trinajstić information content (AvgIpc) is 2.38. The summed E-state index contributed by atoms with van der Waals surface area (Å²) in [5.74, 6) is 0.0321. The highest BCUT2D eigenvalue weighted by molar-refractivity contribution is 6.00. The van der Waals surface area contributed by atoms with E-state index in [-0.39, 0.29) is 11.9 Å². The van der Waals surface area contributed by atoms with E-state index in [1.54, 1.807) is 7.11 Å². The van der Waals surface area contributed by atoms with E-state index in [1.165, 1.54) is 5.56 Å². The Hall–Kier alpha value is -1.35. The molecule has 0 saturated carbocycles. The molecule has 1 aliphatic rings. The second kappa shape index (κ2) is 4.73. The number of fused-ring (bicyclic) bond motifs is 1. The first kappa shape index (κ1) is 13.1. The highest BCUT2D eigenvalue weighted by Gasteiger charge is 2.37. The average molecular weight is 247 g/mol. The van der Waals surface area contributed by atoms with Crippen LogP contribution in [0.1, 0.15) is 32.8 Å². The second-order valence-corrected chi connectivity index (χ2v) is 5.41. The molecule has 0 fully saturated rings. The Morgan fingerprint density at radius 1 is 1.39 bits per heavy atom. The molecule has 1 aromatic carbocycles. The summed E-state index contributed by atoms with van der Waals surface area (Å²) < 4.78 is 5.32. The number of carbonyl (C=O) groups excluding carboxylic acids is 1. The Labute approximate surface area is 109 Å². The van der Waals surface area contributed by atoms with E-state index < -0.39 is 5.60 Å². The third-order valence-electron chi connectivity index (χ3n) is 3.77. The molecule has 0 spiro atoms. The van der Waals surface area contributed by atoms with Gasteiger partial charge in [0.05, 0.1) is 0 Å². The molecule has 3 nitrogen and oxygen atoms in total. The van der Waals surface area contributed by atoms with E-state index in [0.29, 0.717) is 0 Å². The number of aryl methyl sites for hydroxylation is 1. The molecule has 1 aliphatic heterocycles. The molecule has 1 amide bonds. The van der Waals surface area contributed by atoms with Crippen LogP contribution < -0.4 is 4.90 Å². The predicted octanol–water partition coefficient (Wildman–Crippen LogP) is 2.78. The van der Waals surface area contributed by atoms with E-state index in [9.17, 15) is 4.79 Å². The van der Waals surface area contributed by atoms with E-state index in [1.807, 2.05) is 36.9 Å². The van der Waals surface area contributed by atoms with Gasteiger partial charge in [0.1, 0.15) is 5.60 Å². The minimum Gasteiger partial charge on any atom is -0.369 e. The fourth-order valence-electron chi connectivity index (χ4n) is 2.38. The maximum Gasteiger partial charge on any atom is 0.258 e. The summed E-state index contributed by atoms with van der Waals surface area (Å²) >= 11 is 0. The summed E-state index contributed by atoms with van der Waals surface area (Å²) in [6.07, 6.45) is 2.04. The molecule has 0 radical (unpaired) electrons. The van der Waals surface area contributed by atoms with Crippen LogP contribution in [0.2, 0.25) is 0 Å². The molecular formula is C15H21NO2. The minimum atomic E-state index is -0.779. The van der Waals surface area contributed by atoms with Gasteiger partial charge in [0.25, 0.3) is 5.91 Å². The normalized spacial score (nSPS) is 19.6. The van der Waals surface area contributed by atoms with Crippen molar-refractivity contribution < 1.29 is 9.53 Å². The molecular weight excluding hydrogens is 226 g/mol. The molecule has 1 heterocycles. The van der Waals surface area contributed by atoms with E-state index >= 15 is 0 Å². The van der Waals surface area contributed by atoms with Crippen molar-refractivity contribution in [2.45, 2.75) is 45.3 Å². The number of ether oxygens (including phenoxy) is 1. The van der Waals surface area contributed by atoms with Crippen LogP contribution in [0.4, 0.5) is 5.69 Å². The fraction of sp³-hybridized carbons (Fsp3) is 0.533. The number of para-hydroxylation sites is 1. The van der Waals surface area contributed by atoms with Crippen LogP contribution >= 0.6 is 0 Å². The minimum absolute atomic E-state index is 0.0321. The number of anilines is 1. The zero-order valence-electron chi connectivity index (χ0n) is 11.6. The third-order valence-corrected chi connectivity index (χ3v) is 3.77. The van der Waals surface area contributed by atoms with Gasteiger partial charge in [-0.2, -0.15) is 0 Å². The lowest BCUT2D eigenvalue weighted by molar-refractivity contribution is -0.137. The number of hydrogen-bond donors (Lipinski definition) is 0. The molecule has 1 aromatic rings. The first-order valence-electron chi connectivity index (χ1n) is 6.44. The summed E-state index contributed by atoms with van der Waals surface area (Å²) in [7, 11) is 1.58. The smallest absolute Gasteiger partial charge is 0.258 e. The van der Waals surface area contributed by atoms with E-state index in [0.717, 1.165) is 18.5 Å². The molecule has 0 N–H and O–H groups in total. The van der Waals surface area contributed by atoms with Gasteiger partial charge in [-0.05, 0) is 45.2 Å². The van der Waals surface area contributed by atoms with Gasteiger partial charge in [-0.3, -0.25) is 4.79 Å². The Balaban J connectivity index is 2.41. The Morgan fingerprint density at radius 2 is 2.06 bits per heavy atom. The van der Waals surface area contributed by atoms with Gasteiger partial charge in [0.15, 0.2) is 0 Å². The van der Waals surface area contributed by atoms with Gasteiger partial charge in [0, 0.05) is 18.8 Å². The number of methoxy groups -OCH3 is 1. The molecule has 0 bridgehead atoms. The molecule has 0 aromatic heterocycles.